The van der Waals surface area contributed by atoms with Crippen molar-refractivity contribution in [2.75, 3.05) is 6.61 Å². The summed E-state index contributed by atoms with van der Waals surface area (Å²) in [6, 6.07) is 53.5. The summed E-state index contributed by atoms with van der Waals surface area (Å²) < 4.78 is 6.73. The molecule has 0 aliphatic carbocycles. The second-order valence-corrected chi connectivity index (χ2v) is 8.83. The molecule has 0 saturated carbocycles. The van der Waals surface area contributed by atoms with Crippen molar-refractivity contribution in [1.29, 1.82) is 0 Å². The summed E-state index contributed by atoms with van der Waals surface area (Å²) in [7, 11) is 0. The minimum absolute atomic E-state index is 0.113. The minimum atomic E-state index is -0.318. The SMILES string of the molecule is c1ccc(C(OCCC(c2ccccc2)(c2ccccc2)c2ccccc2)c2ccccc2)cc1. The number of benzene rings is 5. The zero-order valence-electron chi connectivity index (χ0n) is 19.8. The van der Waals surface area contributed by atoms with E-state index in [4.69, 9.17) is 4.74 Å². The molecule has 172 valence electrons. The Kier molecular flexibility index (Phi) is 7.17. The Morgan fingerprint density at radius 2 is 0.743 bits per heavy atom. The first-order valence-corrected chi connectivity index (χ1v) is 12.3. The van der Waals surface area contributed by atoms with Gasteiger partial charge in [0.05, 0.1) is 0 Å². The van der Waals surface area contributed by atoms with Crippen LogP contribution in [0.25, 0.3) is 0 Å². The molecule has 1 heteroatoms. The second-order valence-electron chi connectivity index (χ2n) is 8.83. The van der Waals surface area contributed by atoms with Crippen LogP contribution >= 0.6 is 0 Å². The summed E-state index contributed by atoms with van der Waals surface area (Å²) in [5, 5.41) is 0. The second kappa shape index (κ2) is 11.0. The van der Waals surface area contributed by atoms with E-state index in [0.717, 1.165) is 6.42 Å². The van der Waals surface area contributed by atoms with E-state index in [-0.39, 0.29) is 11.5 Å². The summed E-state index contributed by atoms with van der Waals surface area (Å²) in [5.74, 6) is 0. The van der Waals surface area contributed by atoms with E-state index in [2.05, 4.69) is 152 Å². The van der Waals surface area contributed by atoms with Crippen LogP contribution in [0.1, 0.15) is 40.3 Å². The number of hydrogen-bond acceptors (Lipinski definition) is 1. The van der Waals surface area contributed by atoms with E-state index in [1.165, 1.54) is 27.8 Å². The van der Waals surface area contributed by atoms with Crippen LogP contribution in [0.5, 0.6) is 0 Å². The van der Waals surface area contributed by atoms with Crippen LogP contribution in [0.3, 0.4) is 0 Å². The van der Waals surface area contributed by atoms with Crippen molar-refractivity contribution in [3.63, 3.8) is 0 Å². The quantitative estimate of drug-likeness (QED) is 0.204. The molecular weight excluding hydrogens is 424 g/mol. The van der Waals surface area contributed by atoms with Crippen LogP contribution in [0.2, 0.25) is 0 Å². The average Bonchev–Trinajstić information content (AvgIpc) is 2.96. The van der Waals surface area contributed by atoms with Crippen LogP contribution in [-0.4, -0.2) is 6.61 Å². The fourth-order valence-electron chi connectivity index (χ4n) is 5.07. The average molecular weight is 455 g/mol. The predicted octanol–water partition coefficient (Wildman–Crippen LogP) is 8.22. The van der Waals surface area contributed by atoms with E-state index >= 15 is 0 Å². The van der Waals surface area contributed by atoms with Crippen LogP contribution < -0.4 is 0 Å². The molecule has 5 aromatic carbocycles. The Hall–Kier alpha value is -3.94. The fourth-order valence-corrected chi connectivity index (χ4v) is 5.07. The Morgan fingerprint density at radius 3 is 1.09 bits per heavy atom. The van der Waals surface area contributed by atoms with Crippen LogP contribution in [0, 0.1) is 0 Å². The smallest absolute Gasteiger partial charge is 0.108 e. The van der Waals surface area contributed by atoms with Gasteiger partial charge in [0, 0.05) is 12.0 Å². The number of hydrogen-bond donors (Lipinski definition) is 0. The summed E-state index contributed by atoms with van der Waals surface area (Å²) in [6.45, 7) is 0.604. The molecule has 0 fully saturated rings. The van der Waals surface area contributed by atoms with Crippen LogP contribution in [0.15, 0.2) is 152 Å². The molecule has 5 rings (SSSR count). The van der Waals surface area contributed by atoms with Gasteiger partial charge in [0.2, 0.25) is 0 Å². The molecule has 0 atom stereocenters. The highest BCUT2D eigenvalue weighted by Gasteiger charge is 2.36. The third-order valence-corrected chi connectivity index (χ3v) is 6.77. The number of rotatable bonds is 9. The van der Waals surface area contributed by atoms with Gasteiger partial charge in [0.15, 0.2) is 0 Å². The lowest BCUT2D eigenvalue weighted by atomic mass is 9.67. The summed E-state index contributed by atoms with van der Waals surface area (Å²) in [5.41, 5.74) is 5.85. The Balaban J connectivity index is 1.54. The van der Waals surface area contributed by atoms with Crippen LogP contribution in [0.4, 0.5) is 0 Å². The van der Waals surface area contributed by atoms with Crippen molar-refractivity contribution in [3.8, 4) is 0 Å². The van der Waals surface area contributed by atoms with Gasteiger partial charge >= 0.3 is 0 Å². The van der Waals surface area contributed by atoms with Gasteiger partial charge in [-0.3, -0.25) is 0 Å². The van der Waals surface area contributed by atoms with Gasteiger partial charge < -0.3 is 4.74 Å². The van der Waals surface area contributed by atoms with Crippen molar-refractivity contribution in [3.05, 3.63) is 179 Å². The molecule has 0 N–H and O–H groups in total. The van der Waals surface area contributed by atoms with Gasteiger partial charge in [0.25, 0.3) is 0 Å². The van der Waals surface area contributed by atoms with E-state index < -0.39 is 0 Å². The topological polar surface area (TPSA) is 9.23 Å². The Labute approximate surface area is 208 Å². The van der Waals surface area contributed by atoms with Crippen molar-refractivity contribution in [2.24, 2.45) is 0 Å². The van der Waals surface area contributed by atoms with E-state index in [1.807, 2.05) is 0 Å². The zero-order chi connectivity index (χ0) is 23.8. The molecule has 0 unspecified atom stereocenters. The largest absolute Gasteiger partial charge is 0.369 e. The molecular formula is C34H30O. The highest BCUT2D eigenvalue weighted by atomic mass is 16.5. The first-order valence-electron chi connectivity index (χ1n) is 12.3. The Bertz CT molecular complexity index is 1150. The lowest BCUT2D eigenvalue weighted by molar-refractivity contribution is 0.0714. The van der Waals surface area contributed by atoms with E-state index in [1.54, 1.807) is 0 Å². The summed E-state index contributed by atoms with van der Waals surface area (Å²) in [4.78, 5) is 0. The molecule has 0 aromatic heterocycles. The predicted molar refractivity (Wildman–Crippen MR) is 145 cm³/mol. The first kappa shape index (κ1) is 22.8. The highest BCUT2D eigenvalue weighted by molar-refractivity contribution is 5.50. The standard InChI is InChI=1S/C34H30O/c1-6-16-28(17-7-1)33(29-18-8-2-9-19-29)35-27-26-34(30-20-10-3-11-21-30,31-22-12-4-13-23-31)32-24-14-5-15-25-32/h1-25,33H,26-27H2. The minimum Gasteiger partial charge on any atom is -0.369 e. The highest BCUT2D eigenvalue weighted by Crippen LogP contribution is 2.42. The Morgan fingerprint density at radius 1 is 0.429 bits per heavy atom. The zero-order valence-corrected chi connectivity index (χ0v) is 19.8. The maximum absolute atomic E-state index is 6.73. The maximum Gasteiger partial charge on any atom is 0.108 e. The van der Waals surface area contributed by atoms with Crippen molar-refractivity contribution < 1.29 is 4.74 Å². The maximum atomic E-state index is 6.73. The van der Waals surface area contributed by atoms with Crippen molar-refractivity contribution >= 4 is 0 Å². The summed E-state index contributed by atoms with van der Waals surface area (Å²) >= 11 is 0. The van der Waals surface area contributed by atoms with Gasteiger partial charge in [-0.25, -0.2) is 0 Å². The normalized spacial score (nSPS) is 11.5. The first-order chi connectivity index (χ1) is 17.4. The molecule has 5 aromatic rings. The molecule has 0 radical (unpaired) electrons. The molecule has 0 amide bonds. The van der Waals surface area contributed by atoms with Crippen molar-refractivity contribution in [1.82, 2.24) is 0 Å². The third-order valence-electron chi connectivity index (χ3n) is 6.77. The molecule has 0 spiro atoms. The van der Waals surface area contributed by atoms with Gasteiger partial charge in [0.1, 0.15) is 6.10 Å². The van der Waals surface area contributed by atoms with E-state index in [0.29, 0.717) is 6.61 Å². The molecule has 0 aliphatic heterocycles. The molecule has 35 heavy (non-hydrogen) atoms. The van der Waals surface area contributed by atoms with Gasteiger partial charge in [-0.1, -0.05) is 152 Å². The van der Waals surface area contributed by atoms with Gasteiger partial charge in [-0.2, -0.15) is 0 Å². The van der Waals surface area contributed by atoms with Crippen molar-refractivity contribution in [2.45, 2.75) is 17.9 Å². The molecule has 0 heterocycles. The monoisotopic (exact) mass is 454 g/mol. The van der Waals surface area contributed by atoms with Gasteiger partial charge in [-0.15, -0.1) is 0 Å². The van der Waals surface area contributed by atoms with Crippen LogP contribution in [-0.2, 0) is 10.2 Å². The molecule has 0 saturated heterocycles. The third kappa shape index (κ3) is 4.96. The molecule has 0 bridgehead atoms. The molecule has 0 aliphatic rings. The lowest BCUT2D eigenvalue weighted by Gasteiger charge is -2.36. The van der Waals surface area contributed by atoms with E-state index in [9.17, 15) is 0 Å². The lowest BCUT2D eigenvalue weighted by Crippen LogP contribution is -2.31. The van der Waals surface area contributed by atoms with Gasteiger partial charge in [-0.05, 0) is 34.2 Å². The fraction of sp³-hybridized carbons (Fsp3) is 0.118. The summed E-state index contributed by atoms with van der Waals surface area (Å²) in [6.07, 6.45) is 0.707. The number of ether oxygens (including phenoxy) is 1. The molecule has 1 nitrogen and oxygen atoms in total.